The molecule has 0 unspecified atom stereocenters. The third-order valence-corrected chi connectivity index (χ3v) is 4.78. The predicted molar refractivity (Wildman–Crippen MR) is 106 cm³/mol. The zero-order valence-corrected chi connectivity index (χ0v) is 14.7. The van der Waals surface area contributed by atoms with E-state index in [-0.39, 0.29) is 11.7 Å². The number of anilines is 2. The second-order valence-corrected chi connectivity index (χ2v) is 6.53. The Labute approximate surface area is 160 Å². The molecule has 1 aromatic heterocycles. The molecule has 1 aliphatic rings. The Hall–Kier alpha value is -3.80. The number of benzene rings is 3. The molecule has 0 saturated heterocycles. The molecule has 0 fully saturated rings. The van der Waals surface area contributed by atoms with Crippen LogP contribution in [-0.4, -0.2) is 15.9 Å². The summed E-state index contributed by atoms with van der Waals surface area (Å²) in [4.78, 5) is 24.1. The number of hydrogen-bond donors (Lipinski definition) is 1. The number of amides is 1. The number of fused-ring (bicyclic) bond motifs is 2. The van der Waals surface area contributed by atoms with Gasteiger partial charge in [0.15, 0.2) is 6.17 Å². The van der Waals surface area contributed by atoms with Gasteiger partial charge >= 0.3 is 0 Å². The highest BCUT2D eigenvalue weighted by molar-refractivity contribution is 6.12. The molecule has 1 N–H and O–H groups in total. The van der Waals surface area contributed by atoms with E-state index in [4.69, 9.17) is 4.98 Å². The molecule has 5 nitrogen and oxygen atoms in total. The first-order chi connectivity index (χ1) is 13.7. The van der Waals surface area contributed by atoms with Crippen molar-refractivity contribution >= 4 is 28.3 Å². The Morgan fingerprint density at radius 1 is 0.893 bits per heavy atom. The van der Waals surface area contributed by atoms with E-state index >= 15 is 0 Å². The molecular weight excluding hydrogens is 355 g/mol. The van der Waals surface area contributed by atoms with Gasteiger partial charge in [0.2, 0.25) is 0 Å². The first kappa shape index (κ1) is 16.4. The molecule has 0 spiro atoms. The molecule has 1 aliphatic heterocycles. The average Bonchev–Trinajstić information content (AvgIpc) is 2.74. The molecule has 5 rings (SSSR count). The summed E-state index contributed by atoms with van der Waals surface area (Å²) in [6.45, 7) is 0. The van der Waals surface area contributed by atoms with Gasteiger partial charge in [-0.05, 0) is 48.5 Å². The highest BCUT2D eigenvalue weighted by Crippen LogP contribution is 2.36. The maximum Gasteiger partial charge on any atom is 0.262 e. The summed E-state index contributed by atoms with van der Waals surface area (Å²) in [5.41, 5.74) is 3.98. The number of halogens is 1. The zero-order valence-electron chi connectivity index (χ0n) is 14.7. The van der Waals surface area contributed by atoms with Crippen molar-refractivity contribution in [3.8, 4) is 0 Å². The van der Waals surface area contributed by atoms with E-state index in [1.165, 1.54) is 12.1 Å². The van der Waals surface area contributed by atoms with Gasteiger partial charge in [-0.2, -0.15) is 0 Å². The van der Waals surface area contributed by atoms with Gasteiger partial charge in [0, 0.05) is 11.4 Å². The fraction of sp³-hybridized carbons (Fsp3) is 0.0455. The number of nitrogens with one attached hydrogen (secondary N) is 1. The van der Waals surface area contributed by atoms with Crippen LogP contribution in [0.5, 0.6) is 0 Å². The highest BCUT2D eigenvalue weighted by Gasteiger charge is 2.35. The number of hydrogen-bond acceptors (Lipinski definition) is 4. The predicted octanol–water partition coefficient (Wildman–Crippen LogP) is 4.54. The van der Waals surface area contributed by atoms with Crippen LogP contribution in [0.3, 0.4) is 0 Å². The average molecular weight is 370 g/mol. The monoisotopic (exact) mass is 370 g/mol. The van der Waals surface area contributed by atoms with Gasteiger partial charge in [-0.15, -0.1) is 0 Å². The van der Waals surface area contributed by atoms with Crippen LogP contribution < -0.4 is 10.2 Å². The minimum Gasteiger partial charge on any atom is -0.359 e. The molecule has 0 radical (unpaired) electrons. The Bertz CT molecular complexity index is 1190. The van der Waals surface area contributed by atoms with Crippen LogP contribution in [-0.2, 0) is 0 Å². The Kier molecular flexibility index (Phi) is 3.76. The van der Waals surface area contributed by atoms with E-state index in [0.717, 1.165) is 16.7 Å². The van der Waals surface area contributed by atoms with Crippen molar-refractivity contribution in [3.63, 3.8) is 0 Å². The van der Waals surface area contributed by atoms with Crippen LogP contribution in [0.4, 0.5) is 15.8 Å². The first-order valence-electron chi connectivity index (χ1n) is 8.87. The third-order valence-electron chi connectivity index (χ3n) is 4.78. The molecule has 2 heterocycles. The highest BCUT2D eigenvalue weighted by atomic mass is 19.1. The molecule has 1 atom stereocenters. The van der Waals surface area contributed by atoms with Crippen molar-refractivity contribution in [3.05, 3.63) is 96.1 Å². The second-order valence-electron chi connectivity index (χ2n) is 6.53. The molecular formula is C22H15FN4O. The fourth-order valence-electron chi connectivity index (χ4n) is 3.43. The normalized spacial score (nSPS) is 16.0. The van der Waals surface area contributed by atoms with Gasteiger partial charge in [-0.1, -0.05) is 24.3 Å². The topological polar surface area (TPSA) is 58.1 Å². The molecule has 1 amide bonds. The molecule has 0 aliphatic carbocycles. The van der Waals surface area contributed by atoms with Crippen LogP contribution in [0.1, 0.15) is 22.2 Å². The van der Waals surface area contributed by atoms with Crippen molar-refractivity contribution in [1.82, 2.24) is 9.97 Å². The first-order valence-corrected chi connectivity index (χ1v) is 8.87. The summed E-state index contributed by atoms with van der Waals surface area (Å²) in [6.07, 6.45) is 1.10. The number of aromatic nitrogens is 2. The summed E-state index contributed by atoms with van der Waals surface area (Å²) in [6, 6.07) is 20.7. The fourth-order valence-corrected chi connectivity index (χ4v) is 3.43. The van der Waals surface area contributed by atoms with E-state index < -0.39 is 6.17 Å². The van der Waals surface area contributed by atoms with Crippen LogP contribution in [0, 0.1) is 5.82 Å². The number of para-hydroxylation sites is 3. The van der Waals surface area contributed by atoms with Gasteiger partial charge in [-0.25, -0.2) is 9.37 Å². The minimum absolute atomic E-state index is 0.180. The van der Waals surface area contributed by atoms with Crippen molar-refractivity contribution < 1.29 is 9.18 Å². The smallest absolute Gasteiger partial charge is 0.262 e. The van der Waals surface area contributed by atoms with Gasteiger partial charge in [0.1, 0.15) is 11.5 Å². The van der Waals surface area contributed by atoms with Crippen LogP contribution in [0.15, 0.2) is 79.0 Å². The minimum atomic E-state index is -0.565. The quantitative estimate of drug-likeness (QED) is 0.563. The second kappa shape index (κ2) is 6.42. The maximum absolute atomic E-state index is 13.4. The lowest BCUT2D eigenvalue weighted by Crippen LogP contribution is -2.43. The summed E-state index contributed by atoms with van der Waals surface area (Å²) in [7, 11) is 0. The Balaban J connectivity index is 1.67. The molecule has 3 aromatic carbocycles. The van der Waals surface area contributed by atoms with Crippen LogP contribution in [0.2, 0.25) is 0 Å². The van der Waals surface area contributed by atoms with Crippen molar-refractivity contribution in [2.45, 2.75) is 6.17 Å². The lowest BCUT2D eigenvalue weighted by molar-refractivity contribution is 0.0974. The summed E-state index contributed by atoms with van der Waals surface area (Å²) in [5.74, 6) is -0.537. The maximum atomic E-state index is 13.4. The molecule has 136 valence electrons. The van der Waals surface area contributed by atoms with E-state index in [0.29, 0.717) is 16.9 Å². The van der Waals surface area contributed by atoms with E-state index in [1.807, 2.05) is 42.5 Å². The molecule has 0 saturated carbocycles. The van der Waals surface area contributed by atoms with Gasteiger partial charge in [0.25, 0.3) is 5.91 Å². The van der Waals surface area contributed by atoms with Crippen molar-refractivity contribution in [1.29, 1.82) is 0 Å². The van der Waals surface area contributed by atoms with Crippen LogP contribution >= 0.6 is 0 Å². The van der Waals surface area contributed by atoms with Gasteiger partial charge in [0.05, 0.1) is 22.8 Å². The number of carbonyl (C=O) groups excluding carboxylic acids is 1. The zero-order chi connectivity index (χ0) is 19.1. The lowest BCUT2D eigenvalue weighted by Gasteiger charge is -2.37. The molecule has 28 heavy (non-hydrogen) atoms. The van der Waals surface area contributed by atoms with E-state index in [9.17, 15) is 9.18 Å². The number of nitrogens with zero attached hydrogens (tertiary/aromatic N) is 3. The largest absolute Gasteiger partial charge is 0.359 e. The van der Waals surface area contributed by atoms with E-state index in [1.54, 1.807) is 29.3 Å². The summed E-state index contributed by atoms with van der Waals surface area (Å²) >= 11 is 0. The molecule has 6 heteroatoms. The molecule has 4 aromatic rings. The molecule has 0 bridgehead atoms. The SMILES string of the molecule is O=C1c2ccccc2N[C@@H](c2cnc3ccccc3n2)N1c1ccc(F)cc1. The van der Waals surface area contributed by atoms with Crippen molar-refractivity contribution in [2.75, 3.05) is 10.2 Å². The van der Waals surface area contributed by atoms with Crippen molar-refractivity contribution in [2.24, 2.45) is 0 Å². The third kappa shape index (κ3) is 2.66. The van der Waals surface area contributed by atoms with Crippen LogP contribution in [0.25, 0.3) is 11.0 Å². The van der Waals surface area contributed by atoms with Gasteiger partial charge < -0.3 is 5.32 Å². The van der Waals surface area contributed by atoms with E-state index in [2.05, 4.69) is 10.3 Å². The lowest BCUT2D eigenvalue weighted by atomic mass is 10.1. The summed E-state index contributed by atoms with van der Waals surface area (Å²) < 4.78 is 13.4. The summed E-state index contributed by atoms with van der Waals surface area (Å²) in [5, 5.41) is 3.38. The Morgan fingerprint density at radius 3 is 2.43 bits per heavy atom. The standard InChI is InChI=1S/C22H15FN4O/c23-14-9-11-15(12-10-14)27-21(26-17-6-2-1-5-16(17)22(27)28)20-13-24-18-7-3-4-8-19(18)25-20/h1-13,21,26H/t21-/m1/s1. The number of rotatable bonds is 2. The van der Waals surface area contributed by atoms with Gasteiger partial charge in [-0.3, -0.25) is 14.7 Å². The Morgan fingerprint density at radius 2 is 1.61 bits per heavy atom. The number of carbonyl (C=O) groups is 1.